The van der Waals surface area contributed by atoms with Gasteiger partial charge in [0.2, 0.25) is 0 Å². The van der Waals surface area contributed by atoms with Gasteiger partial charge in [0.05, 0.1) is 17.1 Å². The fourth-order valence-electron chi connectivity index (χ4n) is 1.35. The summed E-state index contributed by atoms with van der Waals surface area (Å²) in [6.07, 6.45) is 0. The molecule has 0 aliphatic rings. The van der Waals surface area contributed by atoms with E-state index in [1.165, 1.54) is 5.56 Å². The molecule has 0 saturated heterocycles. The second kappa shape index (κ2) is 5.45. The van der Waals surface area contributed by atoms with Gasteiger partial charge in [0.15, 0.2) is 0 Å². The molecule has 2 aromatic rings. The fourth-order valence-corrected chi connectivity index (χ4v) is 1.35. The van der Waals surface area contributed by atoms with Crippen LogP contribution in [0.2, 0.25) is 0 Å². The van der Waals surface area contributed by atoms with Crippen molar-refractivity contribution < 1.29 is 0 Å². The molecule has 1 heterocycles. The topological polar surface area (TPSA) is 30.7 Å². The minimum absolute atomic E-state index is 0.980. The Hall–Kier alpha value is -1.64. The van der Waals surface area contributed by atoms with Crippen LogP contribution in [-0.2, 0) is 0 Å². The van der Waals surface area contributed by atoms with Crippen molar-refractivity contribution in [2.45, 2.75) is 34.6 Å². The lowest BCUT2D eigenvalue weighted by Gasteiger charge is -2.02. The molecule has 0 aliphatic heterocycles. The highest BCUT2D eigenvalue weighted by molar-refractivity contribution is 5.38. The fraction of sp³-hybridized carbons (Fsp3) is 0.385. The Labute approximate surface area is 97.1 Å². The summed E-state index contributed by atoms with van der Waals surface area (Å²) < 4.78 is 0. The number of hydrogen-bond acceptors (Lipinski definition) is 2. The van der Waals surface area contributed by atoms with E-state index in [0.29, 0.717) is 0 Å². The van der Waals surface area contributed by atoms with Crippen LogP contribution in [0.3, 0.4) is 0 Å². The minimum Gasteiger partial charge on any atom is -0.153 e. The third-order valence-electron chi connectivity index (χ3n) is 2.34. The molecule has 0 saturated carbocycles. The number of aryl methyl sites for hydroxylation is 3. The lowest BCUT2D eigenvalue weighted by Crippen LogP contribution is -2.00. The maximum absolute atomic E-state index is 4.35. The van der Waals surface area contributed by atoms with Crippen LogP contribution in [0.1, 0.15) is 30.8 Å². The lowest BCUT2D eigenvalue weighted by atomic mass is 10.2. The Morgan fingerprint density at radius 2 is 1.38 bits per heavy atom. The Morgan fingerprint density at radius 1 is 0.875 bits per heavy atom. The van der Waals surface area contributed by atoms with Crippen molar-refractivity contribution in [1.82, 2.24) is 15.0 Å². The molecule has 86 valence electrons. The molecule has 3 nitrogen and oxygen atoms in total. The van der Waals surface area contributed by atoms with Crippen LogP contribution in [0, 0.1) is 20.8 Å². The van der Waals surface area contributed by atoms with Crippen LogP contribution >= 0.6 is 0 Å². The molecule has 0 bridgehead atoms. The van der Waals surface area contributed by atoms with Gasteiger partial charge in [-0.1, -0.05) is 32.0 Å². The Morgan fingerprint density at radius 3 is 1.88 bits per heavy atom. The summed E-state index contributed by atoms with van der Waals surface area (Å²) >= 11 is 0. The van der Waals surface area contributed by atoms with Gasteiger partial charge in [-0.15, -0.1) is 0 Å². The zero-order valence-electron chi connectivity index (χ0n) is 10.7. The molecule has 0 fully saturated rings. The third-order valence-corrected chi connectivity index (χ3v) is 2.34. The van der Waals surface area contributed by atoms with Gasteiger partial charge in [-0.2, -0.15) is 15.0 Å². The van der Waals surface area contributed by atoms with Crippen LogP contribution in [0.25, 0.3) is 5.69 Å². The number of nitrogens with zero attached hydrogens (tertiary/aromatic N) is 3. The molecule has 0 amide bonds. The highest BCUT2D eigenvalue weighted by Crippen LogP contribution is 2.12. The maximum Gasteiger partial charge on any atom is 0.0885 e. The largest absolute Gasteiger partial charge is 0.153 e. The summed E-state index contributed by atoms with van der Waals surface area (Å²) in [6.45, 7) is 10.00. The molecule has 2 rings (SSSR count). The van der Waals surface area contributed by atoms with E-state index in [0.717, 1.165) is 17.1 Å². The van der Waals surface area contributed by atoms with Crippen molar-refractivity contribution in [3.05, 3.63) is 41.2 Å². The molecular weight excluding hydrogens is 198 g/mol. The van der Waals surface area contributed by atoms with E-state index in [4.69, 9.17) is 0 Å². The molecule has 0 N–H and O–H groups in total. The van der Waals surface area contributed by atoms with E-state index in [2.05, 4.69) is 23.2 Å². The molecule has 0 spiro atoms. The first-order valence-electron chi connectivity index (χ1n) is 5.65. The van der Waals surface area contributed by atoms with Crippen LogP contribution in [0.4, 0.5) is 0 Å². The molecule has 0 radical (unpaired) electrons. The first-order valence-corrected chi connectivity index (χ1v) is 5.65. The smallest absolute Gasteiger partial charge is 0.0885 e. The molecule has 1 aromatic carbocycles. The average Bonchev–Trinajstić information content (AvgIpc) is 2.62. The van der Waals surface area contributed by atoms with Crippen LogP contribution < -0.4 is 0 Å². The van der Waals surface area contributed by atoms with E-state index in [1.807, 2.05) is 45.9 Å². The van der Waals surface area contributed by atoms with Gasteiger partial charge in [-0.3, -0.25) is 0 Å². The van der Waals surface area contributed by atoms with Gasteiger partial charge in [0.1, 0.15) is 0 Å². The van der Waals surface area contributed by atoms with E-state index < -0.39 is 0 Å². The van der Waals surface area contributed by atoms with Crippen molar-refractivity contribution >= 4 is 0 Å². The van der Waals surface area contributed by atoms with E-state index in [9.17, 15) is 0 Å². The first kappa shape index (κ1) is 12.4. The predicted octanol–water partition coefficient (Wildman–Crippen LogP) is 3.22. The maximum atomic E-state index is 4.35. The number of para-hydroxylation sites is 1. The quantitative estimate of drug-likeness (QED) is 0.734. The van der Waals surface area contributed by atoms with Crippen molar-refractivity contribution in [2.75, 3.05) is 0 Å². The summed E-state index contributed by atoms with van der Waals surface area (Å²) in [7, 11) is 0. The summed E-state index contributed by atoms with van der Waals surface area (Å²) in [6, 6.07) is 8.09. The molecule has 16 heavy (non-hydrogen) atoms. The lowest BCUT2D eigenvalue weighted by molar-refractivity contribution is 0.736. The molecule has 3 heteroatoms. The molecule has 0 atom stereocenters. The number of benzene rings is 1. The van der Waals surface area contributed by atoms with Crippen LogP contribution in [0.5, 0.6) is 0 Å². The van der Waals surface area contributed by atoms with Crippen molar-refractivity contribution in [1.29, 1.82) is 0 Å². The summed E-state index contributed by atoms with van der Waals surface area (Å²) in [4.78, 5) is 1.69. The summed E-state index contributed by atoms with van der Waals surface area (Å²) in [5, 5.41) is 8.69. The number of hydrogen-bond donors (Lipinski definition) is 0. The second-order valence-electron chi connectivity index (χ2n) is 3.45. The molecular formula is C13H19N3. The normalized spacial score (nSPS) is 9.56. The summed E-state index contributed by atoms with van der Waals surface area (Å²) in [5.41, 5.74) is 4.19. The van der Waals surface area contributed by atoms with E-state index in [1.54, 1.807) is 4.80 Å². The SMILES string of the molecule is CC.Cc1ccccc1-n1nc(C)c(C)n1. The zero-order valence-corrected chi connectivity index (χ0v) is 10.7. The molecule has 0 unspecified atom stereocenters. The van der Waals surface area contributed by atoms with Crippen molar-refractivity contribution in [3.8, 4) is 5.69 Å². The van der Waals surface area contributed by atoms with Gasteiger partial charge >= 0.3 is 0 Å². The van der Waals surface area contributed by atoms with Crippen LogP contribution in [0.15, 0.2) is 24.3 Å². The Kier molecular flexibility index (Phi) is 4.23. The zero-order chi connectivity index (χ0) is 12.1. The van der Waals surface area contributed by atoms with Crippen molar-refractivity contribution in [3.63, 3.8) is 0 Å². The Balaban J connectivity index is 0.000000606. The predicted molar refractivity (Wildman–Crippen MR) is 66.9 cm³/mol. The average molecular weight is 217 g/mol. The molecule has 1 aromatic heterocycles. The van der Waals surface area contributed by atoms with E-state index in [-0.39, 0.29) is 0 Å². The van der Waals surface area contributed by atoms with Crippen LogP contribution in [-0.4, -0.2) is 15.0 Å². The number of rotatable bonds is 1. The third kappa shape index (κ3) is 2.48. The number of aromatic nitrogens is 3. The van der Waals surface area contributed by atoms with Gasteiger partial charge < -0.3 is 0 Å². The van der Waals surface area contributed by atoms with Crippen molar-refractivity contribution in [2.24, 2.45) is 0 Å². The highest BCUT2D eigenvalue weighted by atomic mass is 15.5. The first-order chi connectivity index (χ1) is 7.68. The van der Waals surface area contributed by atoms with Gasteiger partial charge in [0, 0.05) is 0 Å². The molecule has 0 aliphatic carbocycles. The van der Waals surface area contributed by atoms with Gasteiger partial charge in [-0.05, 0) is 32.4 Å². The second-order valence-corrected chi connectivity index (χ2v) is 3.45. The van der Waals surface area contributed by atoms with E-state index >= 15 is 0 Å². The summed E-state index contributed by atoms with van der Waals surface area (Å²) in [5.74, 6) is 0. The monoisotopic (exact) mass is 217 g/mol. The highest BCUT2D eigenvalue weighted by Gasteiger charge is 2.05. The Bertz CT molecular complexity index is 438. The van der Waals surface area contributed by atoms with Gasteiger partial charge in [-0.25, -0.2) is 0 Å². The van der Waals surface area contributed by atoms with Gasteiger partial charge in [0.25, 0.3) is 0 Å². The minimum atomic E-state index is 0.980. The standard InChI is InChI=1S/C11H13N3.C2H6/c1-8-6-4-5-7-11(8)14-12-9(2)10(3)13-14;1-2/h4-7H,1-3H3;1-2H3.